The summed E-state index contributed by atoms with van der Waals surface area (Å²) in [6, 6.07) is 15.1. The van der Waals surface area contributed by atoms with Gasteiger partial charge in [-0.25, -0.2) is 13.0 Å². The number of rotatable bonds is 9. The number of fused-ring (bicyclic) bond motifs is 2. The quantitative estimate of drug-likeness (QED) is 0.226. The van der Waals surface area contributed by atoms with Crippen molar-refractivity contribution < 1.29 is 8.42 Å². The Kier molecular flexibility index (Phi) is 7.45. The standard InChI is InChI=1S/C34H36N2O6S/c1-7-18-33(4,5)21-10-14-23(15-11-21)43(41,42)24-16-12-22(13-17-24)35-29(37)25-19-27-28(20-26(25)30(35)38)32(40)36(31(27)39)34(6,8-2)9-3/h10-17,19-20H,7-9,18H2,1-6H3. The normalized spacial score (nSPS) is 12.9. The monoisotopic (exact) mass is 600 g/mol. The van der Waals surface area contributed by atoms with Gasteiger partial charge in [0.25, 0.3) is 22.2 Å². The van der Waals surface area contributed by atoms with Crippen molar-refractivity contribution in [2.45, 2.75) is 88.0 Å². The summed E-state index contributed by atoms with van der Waals surface area (Å²) < 4.78 is 28.9. The van der Waals surface area contributed by atoms with Gasteiger partial charge in [0.1, 0.15) is 0 Å². The number of benzene rings is 3. The van der Waals surface area contributed by atoms with Crippen LogP contribution in [-0.2, 0) is 20.8 Å². The van der Waals surface area contributed by atoms with Crippen molar-refractivity contribution in [1.29, 1.82) is 0 Å². The highest BCUT2D eigenvalue weighted by Crippen LogP contribution is 2.30. The van der Waals surface area contributed by atoms with Gasteiger partial charge in [-0.15, -0.1) is 0 Å². The molecule has 0 N–H and O–H groups in total. The van der Waals surface area contributed by atoms with E-state index in [1.165, 1.54) is 41.0 Å². The van der Waals surface area contributed by atoms with Gasteiger partial charge in [0.15, 0.2) is 0 Å². The Hall–Kier alpha value is -4.11. The number of aromatic nitrogens is 2. The molecule has 0 spiro atoms. The highest BCUT2D eigenvalue weighted by atomic mass is 32.2. The van der Waals surface area contributed by atoms with Crippen LogP contribution in [0.2, 0.25) is 0 Å². The zero-order valence-electron chi connectivity index (χ0n) is 25.4. The fraction of sp³-hybridized carbons (Fsp3) is 0.353. The van der Waals surface area contributed by atoms with Gasteiger partial charge in [-0.3, -0.25) is 23.7 Å². The van der Waals surface area contributed by atoms with Crippen LogP contribution >= 0.6 is 0 Å². The Labute approximate surface area is 249 Å². The first kappa shape index (κ1) is 30.4. The van der Waals surface area contributed by atoms with Crippen LogP contribution in [0.1, 0.15) is 72.8 Å². The molecule has 0 aliphatic rings. The summed E-state index contributed by atoms with van der Waals surface area (Å²) in [7, 11) is -3.84. The molecule has 0 aliphatic heterocycles. The molecule has 0 amide bonds. The maximum absolute atomic E-state index is 13.4. The lowest BCUT2D eigenvalue weighted by molar-refractivity contribution is 0.282. The Bertz CT molecular complexity index is 2100. The molecule has 0 unspecified atom stereocenters. The third kappa shape index (κ3) is 4.70. The molecule has 0 aliphatic carbocycles. The second-order valence-electron chi connectivity index (χ2n) is 12.2. The molecule has 8 nitrogen and oxygen atoms in total. The SMILES string of the molecule is CCCC(C)(C)c1ccc(S(=O)(=O)c2ccc(-n3c(=O)c4cc5c(=O)n(C(C)(CC)CC)c(=O)c5cc4c3=O)cc2)cc1. The van der Waals surface area contributed by atoms with E-state index in [0.717, 1.165) is 23.0 Å². The van der Waals surface area contributed by atoms with Gasteiger partial charge < -0.3 is 0 Å². The second-order valence-corrected chi connectivity index (χ2v) is 14.1. The van der Waals surface area contributed by atoms with Crippen LogP contribution in [0.25, 0.3) is 27.2 Å². The van der Waals surface area contributed by atoms with Gasteiger partial charge >= 0.3 is 0 Å². The molecule has 0 fully saturated rings. The van der Waals surface area contributed by atoms with Crippen LogP contribution in [0.5, 0.6) is 0 Å². The number of sulfone groups is 1. The smallest absolute Gasteiger partial charge is 0.266 e. The van der Waals surface area contributed by atoms with Gasteiger partial charge in [-0.2, -0.15) is 0 Å². The van der Waals surface area contributed by atoms with E-state index in [0.29, 0.717) is 12.8 Å². The van der Waals surface area contributed by atoms with E-state index in [1.807, 2.05) is 32.9 Å². The summed E-state index contributed by atoms with van der Waals surface area (Å²) in [5, 5.41) is 0.268. The van der Waals surface area contributed by atoms with E-state index in [4.69, 9.17) is 0 Å². The van der Waals surface area contributed by atoms with Crippen molar-refractivity contribution in [1.82, 2.24) is 9.13 Å². The van der Waals surface area contributed by atoms with Crippen LogP contribution < -0.4 is 22.2 Å². The van der Waals surface area contributed by atoms with Crippen molar-refractivity contribution in [3.63, 3.8) is 0 Å². The molecule has 5 rings (SSSR count). The molecule has 3 aromatic carbocycles. The third-order valence-electron chi connectivity index (χ3n) is 9.18. The predicted octanol–water partition coefficient (Wildman–Crippen LogP) is 5.35. The van der Waals surface area contributed by atoms with Crippen molar-refractivity contribution in [3.8, 4) is 5.69 Å². The van der Waals surface area contributed by atoms with Crippen LogP contribution in [-0.4, -0.2) is 17.6 Å². The summed E-state index contributed by atoms with van der Waals surface area (Å²) >= 11 is 0. The number of nitrogens with zero attached hydrogens (tertiary/aromatic N) is 2. The summed E-state index contributed by atoms with van der Waals surface area (Å²) in [5.74, 6) is 0. The molecule has 2 aromatic heterocycles. The molecule has 0 atom stereocenters. The van der Waals surface area contributed by atoms with Crippen molar-refractivity contribution in [2.24, 2.45) is 0 Å². The van der Waals surface area contributed by atoms with Gasteiger partial charge in [-0.05, 0) is 85.7 Å². The minimum atomic E-state index is -3.84. The number of hydrogen-bond donors (Lipinski definition) is 0. The molecule has 5 aromatic rings. The topological polar surface area (TPSA) is 112 Å². The van der Waals surface area contributed by atoms with Crippen molar-refractivity contribution in [3.05, 3.63) is 108 Å². The summed E-state index contributed by atoms with van der Waals surface area (Å²) in [6.07, 6.45) is 3.12. The van der Waals surface area contributed by atoms with E-state index in [1.54, 1.807) is 12.1 Å². The zero-order chi connectivity index (χ0) is 31.5. The molecular formula is C34H36N2O6S. The molecule has 0 saturated carbocycles. The molecule has 0 bridgehead atoms. The summed E-state index contributed by atoms with van der Waals surface area (Å²) in [5.41, 5.74) is -1.77. The first-order chi connectivity index (χ1) is 20.2. The lowest BCUT2D eigenvalue weighted by Crippen LogP contribution is -2.42. The summed E-state index contributed by atoms with van der Waals surface area (Å²) in [6.45, 7) is 12.0. The number of hydrogen-bond acceptors (Lipinski definition) is 6. The van der Waals surface area contributed by atoms with Gasteiger partial charge in [0.2, 0.25) is 9.84 Å². The maximum atomic E-state index is 13.4. The Morgan fingerprint density at radius 3 is 1.47 bits per heavy atom. The lowest BCUT2D eigenvalue weighted by Gasteiger charge is -2.27. The van der Waals surface area contributed by atoms with E-state index in [2.05, 4.69) is 20.8 Å². The molecular weight excluding hydrogens is 564 g/mol. The summed E-state index contributed by atoms with van der Waals surface area (Å²) in [4.78, 5) is 53.6. The van der Waals surface area contributed by atoms with Gasteiger partial charge in [0, 0.05) is 5.54 Å². The van der Waals surface area contributed by atoms with E-state index < -0.39 is 37.6 Å². The van der Waals surface area contributed by atoms with Gasteiger partial charge in [-0.1, -0.05) is 53.2 Å². The fourth-order valence-electron chi connectivity index (χ4n) is 6.03. The van der Waals surface area contributed by atoms with Crippen LogP contribution in [0, 0.1) is 0 Å². The van der Waals surface area contributed by atoms with E-state index >= 15 is 0 Å². The maximum Gasteiger partial charge on any atom is 0.266 e. The van der Waals surface area contributed by atoms with Crippen LogP contribution in [0.15, 0.2) is 89.6 Å². The molecule has 43 heavy (non-hydrogen) atoms. The van der Waals surface area contributed by atoms with Crippen LogP contribution in [0.4, 0.5) is 0 Å². The predicted molar refractivity (Wildman–Crippen MR) is 170 cm³/mol. The molecule has 0 radical (unpaired) electrons. The molecule has 9 heteroatoms. The van der Waals surface area contributed by atoms with E-state index in [9.17, 15) is 27.6 Å². The van der Waals surface area contributed by atoms with E-state index in [-0.39, 0.29) is 42.4 Å². The molecule has 224 valence electrons. The Morgan fingerprint density at radius 1 is 0.628 bits per heavy atom. The van der Waals surface area contributed by atoms with Crippen LogP contribution in [0.3, 0.4) is 0 Å². The highest BCUT2D eigenvalue weighted by Gasteiger charge is 2.30. The molecule has 0 saturated heterocycles. The average Bonchev–Trinajstić information content (AvgIpc) is 3.39. The third-order valence-corrected chi connectivity index (χ3v) is 11.0. The van der Waals surface area contributed by atoms with Crippen molar-refractivity contribution >= 4 is 31.4 Å². The molecule has 2 heterocycles. The Morgan fingerprint density at radius 2 is 1.05 bits per heavy atom. The largest absolute Gasteiger partial charge is 0.269 e. The first-order valence-electron chi connectivity index (χ1n) is 14.6. The average molecular weight is 601 g/mol. The highest BCUT2D eigenvalue weighted by molar-refractivity contribution is 7.91. The zero-order valence-corrected chi connectivity index (χ0v) is 26.2. The minimum absolute atomic E-state index is 0.0265. The Balaban J connectivity index is 1.56. The lowest BCUT2D eigenvalue weighted by atomic mass is 9.81. The van der Waals surface area contributed by atoms with Crippen molar-refractivity contribution in [2.75, 3.05) is 0 Å². The first-order valence-corrected chi connectivity index (χ1v) is 16.1. The fourth-order valence-corrected chi connectivity index (χ4v) is 7.29. The minimum Gasteiger partial charge on any atom is -0.269 e. The second kappa shape index (κ2) is 10.6. The van der Waals surface area contributed by atoms with Gasteiger partial charge in [0.05, 0.1) is 37.0 Å².